The molecule has 15 heavy (non-hydrogen) atoms. The van der Waals surface area contributed by atoms with E-state index in [2.05, 4.69) is 28.6 Å². The summed E-state index contributed by atoms with van der Waals surface area (Å²) in [5.74, 6) is 0. The summed E-state index contributed by atoms with van der Waals surface area (Å²) in [5.41, 5.74) is 7.98. The molecule has 74 valence electrons. The Labute approximate surface area is 91.4 Å². The monoisotopic (exact) mass is 214 g/mol. The number of rotatable bonds is 1. The molecule has 0 aliphatic carbocycles. The number of nitrogens with two attached hydrogens (primary N) is 1. The summed E-state index contributed by atoms with van der Waals surface area (Å²) in [6, 6.07) is 8.24. The van der Waals surface area contributed by atoms with Gasteiger partial charge in [-0.3, -0.25) is 0 Å². The van der Waals surface area contributed by atoms with Gasteiger partial charge in [0, 0.05) is 39.3 Å². The molecule has 0 radical (unpaired) electrons. The van der Waals surface area contributed by atoms with E-state index >= 15 is 0 Å². The van der Waals surface area contributed by atoms with Crippen molar-refractivity contribution >= 4 is 27.8 Å². The average Bonchev–Trinajstić information content (AvgIpc) is 2.88. The van der Waals surface area contributed by atoms with E-state index in [-0.39, 0.29) is 0 Å². The minimum absolute atomic E-state index is 0.826. The number of hydrogen-bond acceptors (Lipinski definition) is 2. The number of nitrogens with one attached hydrogen (secondary N) is 1. The highest BCUT2D eigenvalue weighted by molar-refractivity contribution is 7.13. The third-order valence-electron chi connectivity index (χ3n) is 2.56. The molecule has 0 bridgehead atoms. The molecule has 1 aromatic carbocycles. The van der Waals surface area contributed by atoms with E-state index in [4.69, 9.17) is 5.73 Å². The van der Waals surface area contributed by atoms with Gasteiger partial charge in [0.2, 0.25) is 0 Å². The SMILES string of the molecule is Nc1ccc(-c2cccs2)c2c[nH]cc12. The Morgan fingerprint density at radius 1 is 1.07 bits per heavy atom. The maximum atomic E-state index is 5.91. The highest BCUT2D eigenvalue weighted by Crippen LogP contribution is 2.34. The molecule has 0 spiro atoms. The van der Waals surface area contributed by atoms with E-state index < -0.39 is 0 Å². The van der Waals surface area contributed by atoms with Crippen molar-refractivity contribution in [3.8, 4) is 10.4 Å². The zero-order chi connectivity index (χ0) is 10.3. The quantitative estimate of drug-likeness (QED) is 0.598. The van der Waals surface area contributed by atoms with Crippen molar-refractivity contribution in [2.75, 3.05) is 5.73 Å². The van der Waals surface area contributed by atoms with Gasteiger partial charge < -0.3 is 10.7 Å². The average molecular weight is 214 g/mol. The predicted molar refractivity (Wildman–Crippen MR) is 66.0 cm³/mol. The van der Waals surface area contributed by atoms with Crippen LogP contribution in [0.15, 0.2) is 42.0 Å². The highest BCUT2D eigenvalue weighted by Gasteiger charge is 2.07. The zero-order valence-electron chi connectivity index (χ0n) is 8.03. The summed E-state index contributed by atoms with van der Waals surface area (Å²) in [6.07, 6.45) is 3.95. The van der Waals surface area contributed by atoms with Crippen molar-refractivity contribution in [2.45, 2.75) is 0 Å². The minimum atomic E-state index is 0.826. The number of aromatic nitrogens is 1. The second kappa shape index (κ2) is 3.14. The van der Waals surface area contributed by atoms with Crippen LogP contribution in [0.2, 0.25) is 0 Å². The van der Waals surface area contributed by atoms with Crippen LogP contribution < -0.4 is 5.73 Å². The molecule has 0 saturated heterocycles. The zero-order valence-corrected chi connectivity index (χ0v) is 8.84. The van der Waals surface area contributed by atoms with Gasteiger partial charge in [0.15, 0.2) is 0 Å². The van der Waals surface area contributed by atoms with Gasteiger partial charge in [0.05, 0.1) is 0 Å². The molecule has 0 fully saturated rings. The van der Waals surface area contributed by atoms with Crippen LogP contribution in [0.3, 0.4) is 0 Å². The molecule has 0 unspecified atom stereocenters. The number of hydrogen-bond donors (Lipinski definition) is 2. The lowest BCUT2D eigenvalue weighted by Gasteiger charge is -2.02. The number of nitrogen functional groups attached to an aromatic ring is 1. The molecule has 0 saturated carbocycles. The molecule has 0 atom stereocenters. The Hall–Kier alpha value is -1.74. The Balaban J connectivity index is 2.37. The first kappa shape index (κ1) is 8.56. The molecule has 3 rings (SSSR count). The third kappa shape index (κ3) is 1.24. The molecule has 3 heteroatoms. The Morgan fingerprint density at radius 3 is 2.73 bits per heavy atom. The van der Waals surface area contributed by atoms with Crippen LogP contribution >= 0.6 is 11.3 Å². The number of anilines is 1. The van der Waals surface area contributed by atoms with Crippen molar-refractivity contribution in [2.24, 2.45) is 0 Å². The molecular formula is C12H10N2S. The fourth-order valence-electron chi connectivity index (χ4n) is 1.82. The topological polar surface area (TPSA) is 41.8 Å². The summed E-state index contributed by atoms with van der Waals surface area (Å²) in [5, 5.41) is 4.38. The van der Waals surface area contributed by atoms with E-state index in [1.54, 1.807) is 11.3 Å². The van der Waals surface area contributed by atoms with E-state index in [1.807, 2.05) is 18.5 Å². The third-order valence-corrected chi connectivity index (χ3v) is 3.47. The highest BCUT2D eigenvalue weighted by atomic mass is 32.1. The van der Waals surface area contributed by atoms with Crippen LogP contribution in [-0.4, -0.2) is 4.98 Å². The van der Waals surface area contributed by atoms with E-state index in [0.29, 0.717) is 0 Å². The first-order valence-corrected chi connectivity index (χ1v) is 5.63. The minimum Gasteiger partial charge on any atom is -0.398 e. The first-order valence-electron chi connectivity index (χ1n) is 4.75. The van der Waals surface area contributed by atoms with Crippen LogP contribution in [0.5, 0.6) is 0 Å². The largest absolute Gasteiger partial charge is 0.398 e. The molecule has 2 nitrogen and oxygen atoms in total. The lowest BCUT2D eigenvalue weighted by molar-refractivity contribution is 1.43. The molecular weight excluding hydrogens is 204 g/mol. The van der Waals surface area contributed by atoms with Crippen molar-refractivity contribution in [3.05, 3.63) is 42.0 Å². The van der Waals surface area contributed by atoms with Crippen molar-refractivity contribution in [1.82, 2.24) is 4.98 Å². The molecule has 3 aromatic rings. The van der Waals surface area contributed by atoms with Gasteiger partial charge in [-0.1, -0.05) is 12.1 Å². The molecule has 0 aliphatic heterocycles. The summed E-state index contributed by atoms with van der Waals surface area (Å²) < 4.78 is 0. The van der Waals surface area contributed by atoms with Gasteiger partial charge in [-0.25, -0.2) is 0 Å². The molecule has 0 amide bonds. The lowest BCUT2D eigenvalue weighted by atomic mass is 10.1. The van der Waals surface area contributed by atoms with Gasteiger partial charge >= 0.3 is 0 Å². The molecule has 3 N–H and O–H groups in total. The number of aromatic amines is 1. The van der Waals surface area contributed by atoms with Crippen LogP contribution in [-0.2, 0) is 0 Å². The summed E-state index contributed by atoms with van der Waals surface area (Å²) in [6.45, 7) is 0. The fourth-order valence-corrected chi connectivity index (χ4v) is 2.59. The van der Waals surface area contributed by atoms with Crippen molar-refractivity contribution in [3.63, 3.8) is 0 Å². The van der Waals surface area contributed by atoms with Crippen molar-refractivity contribution in [1.29, 1.82) is 0 Å². The van der Waals surface area contributed by atoms with Gasteiger partial charge in [0.25, 0.3) is 0 Å². The normalized spacial score (nSPS) is 10.9. The number of H-pyrrole nitrogens is 1. The van der Waals surface area contributed by atoms with E-state index in [9.17, 15) is 0 Å². The summed E-state index contributed by atoms with van der Waals surface area (Å²) in [7, 11) is 0. The number of benzene rings is 1. The second-order valence-electron chi connectivity index (χ2n) is 3.46. The van der Waals surface area contributed by atoms with Gasteiger partial charge in [-0.05, 0) is 17.5 Å². The first-order chi connectivity index (χ1) is 7.36. The smallest absolute Gasteiger partial charge is 0.0409 e. The molecule has 2 aromatic heterocycles. The summed E-state index contributed by atoms with van der Waals surface area (Å²) >= 11 is 1.75. The lowest BCUT2D eigenvalue weighted by Crippen LogP contribution is -1.85. The maximum Gasteiger partial charge on any atom is 0.0409 e. The standard InChI is InChI=1S/C12H10N2S/c13-11-4-3-8(12-2-1-5-15-12)9-6-14-7-10(9)11/h1-7,14H,13H2. The van der Waals surface area contributed by atoms with Gasteiger partial charge in [-0.15, -0.1) is 11.3 Å². The van der Waals surface area contributed by atoms with E-state index in [0.717, 1.165) is 11.1 Å². The molecule has 0 aliphatic rings. The Morgan fingerprint density at radius 2 is 1.93 bits per heavy atom. The number of fused-ring (bicyclic) bond motifs is 1. The van der Waals surface area contributed by atoms with E-state index in [1.165, 1.54) is 15.8 Å². The fraction of sp³-hybridized carbons (Fsp3) is 0. The van der Waals surface area contributed by atoms with Crippen LogP contribution in [0.25, 0.3) is 21.2 Å². The number of thiophene rings is 1. The Bertz CT molecular complexity index is 593. The predicted octanol–water partition coefficient (Wildman–Crippen LogP) is 3.48. The van der Waals surface area contributed by atoms with Crippen LogP contribution in [0.1, 0.15) is 0 Å². The Kier molecular flexibility index (Phi) is 1.79. The van der Waals surface area contributed by atoms with Crippen LogP contribution in [0, 0.1) is 0 Å². The van der Waals surface area contributed by atoms with Crippen LogP contribution in [0.4, 0.5) is 5.69 Å². The summed E-state index contributed by atoms with van der Waals surface area (Å²) in [4.78, 5) is 4.38. The molecule has 2 heterocycles. The maximum absolute atomic E-state index is 5.91. The van der Waals surface area contributed by atoms with Gasteiger partial charge in [0.1, 0.15) is 0 Å². The van der Waals surface area contributed by atoms with Crippen molar-refractivity contribution < 1.29 is 0 Å². The van der Waals surface area contributed by atoms with Gasteiger partial charge in [-0.2, -0.15) is 0 Å². The second-order valence-corrected chi connectivity index (χ2v) is 4.41.